The number of benzene rings is 2. The van der Waals surface area contributed by atoms with Crippen LogP contribution in [0, 0.1) is 0 Å². The van der Waals surface area contributed by atoms with Crippen molar-refractivity contribution < 1.29 is 15.3 Å². The molecule has 3 heterocycles. The highest BCUT2D eigenvalue weighted by atomic mass is 16.3. The summed E-state index contributed by atoms with van der Waals surface area (Å²) >= 11 is 0. The van der Waals surface area contributed by atoms with Crippen molar-refractivity contribution in [3.05, 3.63) is 73.4 Å². The van der Waals surface area contributed by atoms with E-state index < -0.39 is 0 Å². The molecule has 0 saturated carbocycles. The number of aromatic nitrogens is 4. The third kappa shape index (κ3) is 3.30. The summed E-state index contributed by atoms with van der Waals surface area (Å²) in [7, 11) is 0. The van der Waals surface area contributed by atoms with Gasteiger partial charge in [0, 0.05) is 48.1 Å². The second kappa shape index (κ2) is 7.60. The van der Waals surface area contributed by atoms with Crippen LogP contribution in [0.2, 0.25) is 0 Å². The molecular formula is C24H22N4O3. The predicted octanol–water partition coefficient (Wildman–Crippen LogP) is 4.71. The first-order chi connectivity index (χ1) is 15.1. The number of nitrogens with one attached hydrogen (secondary N) is 1. The number of H-pyrrole nitrogens is 1. The highest BCUT2D eigenvalue weighted by molar-refractivity contribution is 6.01. The van der Waals surface area contributed by atoms with Gasteiger partial charge < -0.3 is 29.4 Å². The van der Waals surface area contributed by atoms with Gasteiger partial charge in [0.05, 0.1) is 17.6 Å². The number of hydrogen-bond acceptors (Lipinski definition) is 4. The summed E-state index contributed by atoms with van der Waals surface area (Å²) in [6.07, 6.45) is 8.00. The number of hydrogen-bond donors (Lipinski definition) is 4. The van der Waals surface area contributed by atoms with Crippen molar-refractivity contribution in [2.75, 3.05) is 0 Å². The topological polar surface area (TPSA) is 99.2 Å². The first-order valence-corrected chi connectivity index (χ1v) is 10.1. The summed E-state index contributed by atoms with van der Waals surface area (Å²) in [6.45, 7) is 1.22. The Hall–Kier alpha value is -4.13. The van der Waals surface area contributed by atoms with E-state index in [-0.39, 0.29) is 17.4 Å². The lowest BCUT2D eigenvalue weighted by Gasteiger charge is -2.12. The molecule has 4 N–H and O–H groups in total. The van der Waals surface area contributed by atoms with Gasteiger partial charge in [0.1, 0.15) is 5.75 Å². The molecule has 0 radical (unpaired) electrons. The van der Waals surface area contributed by atoms with Gasteiger partial charge in [-0.25, -0.2) is 4.98 Å². The van der Waals surface area contributed by atoms with Gasteiger partial charge in [0.15, 0.2) is 5.75 Å². The van der Waals surface area contributed by atoms with E-state index in [0.29, 0.717) is 23.4 Å². The van der Waals surface area contributed by atoms with Crippen molar-refractivity contribution in [1.82, 2.24) is 19.1 Å². The quantitative estimate of drug-likeness (QED) is 0.323. The molecule has 31 heavy (non-hydrogen) atoms. The molecule has 5 aromatic rings. The van der Waals surface area contributed by atoms with E-state index in [2.05, 4.69) is 9.97 Å². The summed E-state index contributed by atoms with van der Waals surface area (Å²) in [6, 6.07) is 14.6. The van der Waals surface area contributed by atoms with E-state index in [1.54, 1.807) is 35.3 Å². The number of aryl methyl sites for hydroxylation is 1. The maximum atomic E-state index is 10.9. The lowest BCUT2D eigenvalue weighted by Crippen LogP contribution is -2.04. The minimum Gasteiger partial charge on any atom is -0.508 e. The van der Waals surface area contributed by atoms with Crippen LogP contribution in [0.5, 0.6) is 17.4 Å². The molecular weight excluding hydrogens is 392 g/mol. The molecule has 0 amide bonds. The Balaban J connectivity index is 1.67. The molecule has 0 aliphatic heterocycles. The summed E-state index contributed by atoms with van der Waals surface area (Å²) in [5.74, 6) is -0.299. The number of nitrogens with zero attached hydrogens (tertiary/aromatic N) is 3. The van der Waals surface area contributed by atoms with Crippen molar-refractivity contribution in [2.45, 2.75) is 19.5 Å². The Morgan fingerprint density at radius 3 is 2.65 bits per heavy atom. The molecule has 0 fully saturated rings. The Morgan fingerprint density at radius 1 is 0.968 bits per heavy atom. The minimum absolute atomic E-state index is 0.0918. The average Bonchev–Trinajstić information content (AvgIpc) is 3.49. The van der Waals surface area contributed by atoms with E-state index in [9.17, 15) is 15.3 Å². The van der Waals surface area contributed by atoms with Crippen LogP contribution in [0.3, 0.4) is 0 Å². The van der Waals surface area contributed by atoms with Crippen LogP contribution in [0.25, 0.3) is 33.3 Å². The highest BCUT2D eigenvalue weighted by Gasteiger charge is 2.26. The van der Waals surface area contributed by atoms with Crippen LogP contribution in [-0.2, 0) is 13.1 Å². The molecule has 5 rings (SSSR count). The SMILES string of the molecule is Oc1cccc(-c2c(O)c(O)n(CCCn3ccnc3)c2-c2c[nH]c3ccccc23)c1. The van der Waals surface area contributed by atoms with Crippen molar-refractivity contribution >= 4 is 10.9 Å². The Labute approximate surface area is 178 Å². The van der Waals surface area contributed by atoms with E-state index in [0.717, 1.165) is 29.4 Å². The number of rotatable bonds is 6. The number of para-hydroxylation sites is 1. The average molecular weight is 414 g/mol. The standard InChI is InChI=1S/C24H22N4O3/c29-17-6-3-5-16(13-17)21-22(19-14-26-20-8-2-1-7-18(19)20)28(24(31)23(21)30)11-4-10-27-12-9-25-15-27/h1-3,5-9,12-15,26,29-31H,4,10-11H2. The Kier molecular flexibility index (Phi) is 4.63. The van der Waals surface area contributed by atoms with Gasteiger partial charge in [-0.1, -0.05) is 30.3 Å². The second-order valence-corrected chi connectivity index (χ2v) is 7.50. The second-order valence-electron chi connectivity index (χ2n) is 7.50. The van der Waals surface area contributed by atoms with Gasteiger partial charge >= 0.3 is 0 Å². The first kappa shape index (κ1) is 18.9. The molecule has 0 saturated heterocycles. The zero-order valence-corrected chi connectivity index (χ0v) is 16.7. The van der Waals surface area contributed by atoms with Crippen molar-refractivity contribution in [3.63, 3.8) is 0 Å². The molecule has 3 aromatic heterocycles. The molecule has 0 aliphatic rings. The van der Waals surface area contributed by atoms with Crippen molar-refractivity contribution in [3.8, 4) is 39.8 Å². The summed E-state index contributed by atoms with van der Waals surface area (Å²) < 4.78 is 3.71. The fraction of sp³-hybridized carbons (Fsp3) is 0.125. The molecule has 7 heteroatoms. The Morgan fingerprint density at radius 2 is 1.84 bits per heavy atom. The number of phenols is 1. The zero-order valence-electron chi connectivity index (χ0n) is 16.7. The molecule has 0 bridgehead atoms. The maximum Gasteiger partial charge on any atom is 0.235 e. The summed E-state index contributed by atoms with van der Waals surface area (Å²) in [4.78, 5) is 7.34. The summed E-state index contributed by atoms with van der Waals surface area (Å²) in [5.41, 5.74) is 3.64. The number of aromatic amines is 1. The molecule has 0 atom stereocenters. The number of fused-ring (bicyclic) bond motifs is 1. The van der Waals surface area contributed by atoms with Gasteiger partial charge in [0.2, 0.25) is 5.88 Å². The Bertz CT molecular complexity index is 1350. The monoisotopic (exact) mass is 414 g/mol. The van der Waals surface area contributed by atoms with Gasteiger partial charge in [-0.15, -0.1) is 0 Å². The molecule has 0 unspecified atom stereocenters. The van der Waals surface area contributed by atoms with Crippen molar-refractivity contribution in [1.29, 1.82) is 0 Å². The first-order valence-electron chi connectivity index (χ1n) is 10.1. The van der Waals surface area contributed by atoms with Crippen LogP contribution < -0.4 is 0 Å². The third-order valence-corrected chi connectivity index (χ3v) is 5.55. The van der Waals surface area contributed by atoms with Crippen LogP contribution in [0.15, 0.2) is 73.4 Å². The lowest BCUT2D eigenvalue weighted by molar-refractivity contribution is 0.369. The largest absolute Gasteiger partial charge is 0.508 e. The molecule has 156 valence electrons. The van der Waals surface area contributed by atoms with Crippen LogP contribution in [0.1, 0.15) is 6.42 Å². The van der Waals surface area contributed by atoms with Gasteiger partial charge in [-0.2, -0.15) is 0 Å². The molecule has 7 nitrogen and oxygen atoms in total. The fourth-order valence-corrected chi connectivity index (χ4v) is 4.12. The minimum atomic E-state index is -0.200. The van der Waals surface area contributed by atoms with Gasteiger partial charge in [0.25, 0.3) is 0 Å². The zero-order chi connectivity index (χ0) is 21.4. The van der Waals surface area contributed by atoms with Crippen molar-refractivity contribution in [2.24, 2.45) is 0 Å². The highest BCUT2D eigenvalue weighted by Crippen LogP contribution is 2.49. The van der Waals surface area contributed by atoms with Crippen LogP contribution >= 0.6 is 0 Å². The third-order valence-electron chi connectivity index (χ3n) is 5.55. The van der Waals surface area contributed by atoms with Gasteiger partial charge in [-0.05, 0) is 30.2 Å². The number of imidazole rings is 1. The maximum absolute atomic E-state index is 10.9. The number of phenolic OH excluding ortho intramolecular Hbond substituents is 1. The fourth-order valence-electron chi connectivity index (χ4n) is 4.12. The smallest absolute Gasteiger partial charge is 0.235 e. The van der Waals surface area contributed by atoms with E-state index >= 15 is 0 Å². The predicted molar refractivity (Wildman–Crippen MR) is 119 cm³/mol. The number of aromatic hydroxyl groups is 3. The van der Waals surface area contributed by atoms with Crippen LogP contribution in [-0.4, -0.2) is 34.4 Å². The van der Waals surface area contributed by atoms with Crippen LogP contribution in [0.4, 0.5) is 0 Å². The van der Waals surface area contributed by atoms with E-state index in [4.69, 9.17) is 0 Å². The van der Waals surface area contributed by atoms with E-state index in [1.165, 1.54) is 0 Å². The lowest BCUT2D eigenvalue weighted by atomic mass is 10.00. The molecule has 2 aromatic carbocycles. The van der Waals surface area contributed by atoms with Gasteiger partial charge in [-0.3, -0.25) is 0 Å². The normalized spacial score (nSPS) is 11.4. The van der Waals surface area contributed by atoms with E-state index in [1.807, 2.05) is 47.3 Å². The summed E-state index contributed by atoms with van der Waals surface area (Å²) in [5, 5.41) is 32.8. The molecule has 0 spiro atoms. The molecule has 0 aliphatic carbocycles.